The summed E-state index contributed by atoms with van der Waals surface area (Å²) in [5, 5.41) is 3.29. The molecule has 1 amide bonds. The summed E-state index contributed by atoms with van der Waals surface area (Å²) in [6.45, 7) is 3.72. The highest BCUT2D eigenvalue weighted by atomic mass is 35.5. The second kappa shape index (κ2) is 10.1. The van der Waals surface area contributed by atoms with E-state index in [9.17, 15) is 13.2 Å². The van der Waals surface area contributed by atoms with E-state index in [4.69, 9.17) is 11.6 Å². The quantitative estimate of drug-likeness (QED) is 0.528. The Kier molecular flexibility index (Phi) is 7.49. The summed E-state index contributed by atoms with van der Waals surface area (Å²) >= 11 is 5.91. The van der Waals surface area contributed by atoms with Gasteiger partial charge in [-0.2, -0.15) is 4.31 Å². The molecule has 162 valence electrons. The maximum Gasteiger partial charge on any atom is 0.243 e. The highest BCUT2D eigenvalue weighted by Crippen LogP contribution is 2.20. The average molecular weight is 457 g/mol. The van der Waals surface area contributed by atoms with Crippen LogP contribution in [0.5, 0.6) is 0 Å². The van der Waals surface area contributed by atoms with Gasteiger partial charge in [-0.3, -0.25) is 4.79 Å². The molecule has 3 aromatic rings. The molecule has 3 aromatic carbocycles. The average Bonchev–Trinajstić information content (AvgIpc) is 2.74. The second-order valence-corrected chi connectivity index (χ2v) is 9.77. The smallest absolute Gasteiger partial charge is 0.243 e. The summed E-state index contributed by atoms with van der Waals surface area (Å²) in [4.78, 5) is 12.9. The predicted octanol–water partition coefficient (Wildman–Crippen LogP) is 4.83. The van der Waals surface area contributed by atoms with Crippen LogP contribution in [-0.4, -0.2) is 31.7 Å². The van der Waals surface area contributed by atoms with Gasteiger partial charge in [-0.1, -0.05) is 54.1 Å². The van der Waals surface area contributed by atoms with Crippen LogP contribution in [0.3, 0.4) is 0 Å². The zero-order chi connectivity index (χ0) is 22.4. The Morgan fingerprint density at radius 3 is 2.32 bits per heavy atom. The zero-order valence-corrected chi connectivity index (χ0v) is 19.1. The number of halogens is 1. The standard InChI is InChI=1S/C24H25ClN2O3S/c1-18-8-9-19(2)23(16-18)26-24(28)17-27(15-14-20-6-4-3-5-7-20)31(29,30)22-12-10-21(25)11-13-22/h3-13,16H,14-15,17H2,1-2H3,(H,26,28). The van der Waals surface area contributed by atoms with Gasteiger partial charge >= 0.3 is 0 Å². The topological polar surface area (TPSA) is 66.5 Å². The maximum atomic E-state index is 13.3. The lowest BCUT2D eigenvalue weighted by Gasteiger charge is -2.22. The van der Waals surface area contributed by atoms with Gasteiger partial charge in [-0.25, -0.2) is 8.42 Å². The van der Waals surface area contributed by atoms with Gasteiger partial charge in [-0.15, -0.1) is 0 Å². The zero-order valence-electron chi connectivity index (χ0n) is 17.5. The van der Waals surface area contributed by atoms with Gasteiger partial charge in [0.2, 0.25) is 15.9 Å². The Balaban J connectivity index is 1.83. The first-order valence-corrected chi connectivity index (χ1v) is 11.7. The Labute approximate surface area is 188 Å². The molecule has 0 spiro atoms. The lowest BCUT2D eigenvalue weighted by molar-refractivity contribution is -0.116. The molecule has 7 heteroatoms. The fourth-order valence-electron chi connectivity index (χ4n) is 3.16. The van der Waals surface area contributed by atoms with Crippen LogP contribution < -0.4 is 5.32 Å². The maximum absolute atomic E-state index is 13.3. The van der Waals surface area contributed by atoms with Crippen molar-refractivity contribution in [3.8, 4) is 0 Å². The van der Waals surface area contributed by atoms with E-state index in [2.05, 4.69) is 5.32 Å². The molecule has 1 N–H and O–H groups in total. The van der Waals surface area contributed by atoms with Gasteiger partial charge in [0, 0.05) is 17.3 Å². The monoisotopic (exact) mass is 456 g/mol. The summed E-state index contributed by atoms with van der Waals surface area (Å²) in [6, 6.07) is 21.3. The van der Waals surface area contributed by atoms with Crippen molar-refractivity contribution in [1.29, 1.82) is 0 Å². The summed E-state index contributed by atoms with van der Waals surface area (Å²) in [7, 11) is -3.88. The molecule has 3 rings (SSSR count). The Morgan fingerprint density at radius 2 is 1.65 bits per heavy atom. The molecule has 0 aliphatic carbocycles. The summed E-state index contributed by atoms with van der Waals surface area (Å²) < 4.78 is 27.8. The predicted molar refractivity (Wildman–Crippen MR) is 125 cm³/mol. The van der Waals surface area contributed by atoms with E-state index in [1.54, 1.807) is 0 Å². The van der Waals surface area contributed by atoms with Crippen molar-refractivity contribution in [3.05, 3.63) is 94.5 Å². The highest BCUT2D eigenvalue weighted by molar-refractivity contribution is 7.89. The SMILES string of the molecule is Cc1ccc(C)c(NC(=O)CN(CCc2ccccc2)S(=O)(=O)c2ccc(Cl)cc2)c1. The fourth-order valence-corrected chi connectivity index (χ4v) is 4.68. The number of nitrogens with zero attached hydrogens (tertiary/aromatic N) is 1. The first-order valence-electron chi connectivity index (χ1n) is 9.92. The van der Waals surface area contributed by atoms with Crippen molar-refractivity contribution < 1.29 is 13.2 Å². The van der Waals surface area contributed by atoms with E-state index in [0.29, 0.717) is 17.1 Å². The van der Waals surface area contributed by atoms with Gasteiger partial charge in [-0.05, 0) is 67.3 Å². The number of amides is 1. The van der Waals surface area contributed by atoms with Crippen LogP contribution in [0.4, 0.5) is 5.69 Å². The van der Waals surface area contributed by atoms with E-state index >= 15 is 0 Å². The molecule has 0 unspecified atom stereocenters. The van der Waals surface area contributed by atoms with E-state index in [1.807, 2.05) is 62.4 Å². The van der Waals surface area contributed by atoms with Crippen molar-refractivity contribution in [1.82, 2.24) is 4.31 Å². The summed E-state index contributed by atoms with van der Waals surface area (Å²) in [5.41, 5.74) is 3.59. The van der Waals surface area contributed by atoms with Crippen LogP contribution in [0, 0.1) is 13.8 Å². The van der Waals surface area contributed by atoms with Crippen LogP contribution in [0.2, 0.25) is 5.02 Å². The third-order valence-corrected chi connectivity index (χ3v) is 7.04. The number of rotatable bonds is 8. The van der Waals surface area contributed by atoms with Gasteiger partial charge < -0.3 is 5.32 Å². The summed E-state index contributed by atoms with van der Waals surface area (Å²) in [6.07, 6.45) is 0.490. The minimum atomic E-state index is -3.88. The molecule has 0 aliphatic heterocycles. The van der Waals surface area contributed by atoms with Crippen molar-refractivity contribution >= 4 is 33.2 Å². The third-order valence-electron chi connectivity index (χ3n) is 4.93. The minimum absolute atomic E-state index is 0.101. The van der Waals surface area contributed by atoms with Crippen molar-refractivity contribution in [2.75, 3.05) is 18.4 Å². The largest absolute Gasteiger partial charge is 0.325 e. The lowest BCUT2D eigenvalue weighted by atomic mass is 10.1. The van der Waals surface area contributed by atoms with Gasteiger partial charge in [0.1, 0.15) is 0 Å². The van der Waals surface area contributed by atoms with E-state index in [1.165, 1.54) is 28.6 Å². The number of nitrogens with one attached hydrogen (secondary N) is 1. The molecule has 0 atom stereocenters. The van der Waals surface area contributed by atoms with Crippen LogP contribution in [0.15, 0.2) is 77.7 Å². The fraction of sp³-hybridized carbons (Fsp3) is 0.208. The van der Waals surface area contributed by atoms with E-state index in [0.717, 1.165) is 16.7 Å². The molecule has 0 aromatic heterocycles. The molecule has 0 aliphatic rings. The molecular formula is C24H25ClN2O3S. The molecule has 0 saturated carbocycles. The summed E-state index contributed by atoms with van der Waals surface area (Å²) in [5.74, 6) is -0.390. The van der Waals surface area contributed by atoms with Crippen LogP contribution in [0.1, 0.15) is 16.7 Å². The van der Waals surface area contributed by atoms with Crippen molar-refractivity contribution in [3.63, 3.8) is 0 Å². The number of hydrogen-bond donors (Lipinski definition) is 1. The molecule has 0 heterocycles. The number of sulfonamides is 1. The minimum Gasteiger partial charge on any atom is -0.325 e. The van der Waals surface area contributed by atoms with Crippen LogP contribution in [-0.2, 0) is 21.2 Å². The van der Waals surface area contributed by atoms with Crippen molar-refractivity contribution in [2.24, 2.45) is 0 Å². The Morgan fingerprint density at radius 1 is 0.968 bits per heavy atom. The third kappa shape index (κ3) is 6.17. The Hall–Kier alpha value is -2.67. The number of carbonyl (C=O) groups is 1. The van der Waals surface area contributed by atoms with Gasteiger partial charge in [0.05, 0.1) is 11.4 Å². The lowest BCUT2D eigenvalue weighted by Crippen LogP contribution is -2.39. The van der Waals surface area contributed by atoms with Gasteiger partial charge in [0.25, 0.3) is 0 Å². The second-order valence-electron chi connectivity index (χ2n) is 7.39. The molecule has 0 bridgehead atoms. The van der Waals surface area contributed by atoms with Crippen molar-refractivity contribution in [2.45, 2.75) is 25.2 Å². The van der Waals surface area contributed by atoms with Crippen LogP contribution >= 0.6 is 11.6 Å². The Bertz CT molecular complexity index is 1150. The number of hydrogen-bond acceptors (Lipinski definition) is 3. The van der Waals surface area contributed by atoms with Crippen LogP contribution in [0.25, 0.3) is 0 Å². The number of aryl methyl sites for hydroxylation is 2. The molecule has 31 heavy (non-hydrogen) atoms. The number of carbonyl (C=O) groups excluding carboxylic acids is 1. The van der Waals surface area contributed by atoms with E-state index in [-0.39, 0.29) is 23.9 Å². The molecule has 5 nitrogen and oxygen atoms in total. The molecule has 0 saturated heterocycles. The first kappa shape index (κ1) is 23.0. The number of benzene rings is 3. The molecular weight excluding hydrogens is 432 g/mol. The number of anilines is 1. The first-order chi connectivity index (χ1) is 14.8. The highest BCUT2D eigenvalue weighted by Gasteiger charge is 2.26. The normalized spacial score (nSPS) is 11.5. The molecule has 0 radical (unpaired) electrons. The molecule has 0 fully saturated rings. The van der Waals surface area contributed by atoms with E-state index < -0.39 is 10.0 Å². The van der Waals surface area contributed by atoms with Gasteiger partial charge in [0.15, 0.2) is 0 Å².